The van der Waals surface area contributed by atoms with Gasteiger partial charge in [-0.1, -0.05) is 31.4 Å². The minimum atomic E-state index is -4.37. The summed E-state index contributed by atoms with van der Waals surface area (Å²) in [6.45, 7) is -0.578. The van der Waals surface area contributed by atoms with Gasteiger partial charge in [-0.3, -0.25) is 4.79 Å². The molecule has 2 rings (SSSR count). The first kappa shape index (κ1) is 22.6. The Kier molecular flexibility index (Phi) is 8.70. The highest BCUT2D eigenvalue weighted by atomic mass is 35.5. The zero-order valence-electron chi connectivity index (χ0n) is 14.6. The van der Waals surface area contributed by atoms with Crippen molar-refractivity contribution < 1.29 is 22.7 Å². The number of benzene rings is 1. The van der Waals surface area contributed by atoms with Gasteiger partial charge >= 0.3 is 6.18 Å². The van der Waals surface area contributed by atoms with Gasteiger partial charge in [0.1, 0.15) is 5.75 Å². The van der Waals surface area contributed by atoms with Gasteiger partial charge in [-0.25, -0.2) is 0 Å². The number of hydrogen-bond donors (Lipinski definition) is 2. The number of nitrogens with two attached hydrogens (primary N) is 1. The van der Waals surface area contributed by atoms with Crippen LogP contribution in [0.4, 0.5) is 13.2 Å². The number of nitrogens with one attached hydrogen (secondary N) is 1. The summed E-state index contributed by atoms with van der Waals surface area (Å²) in [6, 6.07) is 6.31. The summed E-state index contributed by atoms with van der Waals surface area (Å²) in [5, 5.41) is 2.83. The maximum absolute atomic E-state index is 12.2. The lowest BCUT2D eigenvalue weighted by atomic mass is 9.71. The fraction of sp³-hybridized carbons (Fsp3) is 0.611. The number of amides is 1. The van der Waals surface area contributed by atoms with E-state index in [0.717, 1.165) is 25.7 Å². The van der Waals surface area contributed by atoms with Crippen molar-refractivity contribution in [3.63, 3.8) is 0 Å². The molecule has 0 atom stereocenters. The molecule has 1 aliphatic carbocycles. The highest BCUT2D eigenvalue weighted by molar-refractivity contribution is 5.85. The Morgan fingerprint density at radius 3 is 2.54 bits per heavy atom. The van der Waals surface area contributed by atoms with Crippen molar-refractivity contribution in [1.29, 1.82) is 0 Å². The summed E-state index contributed by atoms with van der Waals surface area (Å²) >= 11 is 0. The minimum Gasteiger partial charge on any atom is -0.484 e. The highest BCUT2D eigenvalue weighted by Gasteiger charge is 2.32. The first-order valence-corrected chi connectivity index (χ1v) is 8.57. The van der Waals surface area contributed by atoms with Gasteiger partial charge in [-0.2, -0.15) is 13.2 Å². The summed E-state index contributed by atoms with van der Waals surface area (Å²) in [4.78, 5) is 12.2. The van der Waals surface area contributed by atoms with Gasteiger partial charge in [-0.05, 0) is 42.5 Å². The van der Waals surface area contributed by atoms with E-state index in [1.165, 1.54) is 18.6 Å². The third-order valence-corrected chi connectivity index (χ3v) is 4.67. The molecule has 1 aromatic carbocycles. The molecular formula is C18H26ClF3N2O2. The SMILES string of the molecule is Cl.NCC1(CC(=O)NCc2cccc(OCC(F)(F)F)c2)CCCCC1. The van der Waals surface area contributed by atoms with E-state index in [2.05, 4.69) is 5.32 Å². The molecule has 0 aliphatic heterocycles. The number of rotatable bonds is 7. The zero-order chi connectivity index (χ0) is 18.3. The minimum absolute atomic E-state index is 0. The van der Waals surface area contributed by atoms with Gasteiger partial charge in [0.2, 0.25) is 5.91 Å². The van der Waals surface area contributed by atoms with Crippen LogP contribution in [0, 0.1) is 5.41 Å². The summed E-state index contributed by atoms with van der Waals surface area (Å²) in [6.07, 6.45) is 1.35. The van der Waals surface area contributed by atoms with Crippen LogP contribution in [0.15, 0.2) is 24.3 Å². The smallest absolute Gasteiger partial charge is 0.422 e. The molecule has 26 heavy (non-hydrogen) atoms. The van der Waals surface area contributed by atoms with Crippen LogP contribution in [-0.2, 0) is 11.3 Å². The Bertz CT molecular complexity index is 576. The molecule has 0 unspecified atom stereocenters. The topological polar surface area (TPSA) is 64.4 Å². The first-order valence-electron chi connectivity index (χ1n) is 8.57. The van der Waals surface area contributed by atoms with E-state index >= 15 is 0 Å². The third-order valence-electron chi connectivity index (χ3n) is 4.67. The van der Waals surface area contributed by atoms with E-state index < -0.39 is 12.8 Å². The normalized spacial score (nSPS) is 16.5. The van der Waals surface area contributed by atoms with Gasteiger partial charge < -0.3 is 15.8 Å². The van der Waals surface area contributed by atoms with Crippen LogP contribution < -0.4 is 15.8 Å². The number of alkyl halides is 3. The fourth-order valence-electron chi connectivity index (χ4n) is 3.27. The van der Waals surface area contributed by atoms with E-state index in [1.54, 1.807) is 12.1 Å². The Hall–Kier alpha value is -1.47. The lowest BCUT2D eigenvalue weighted by Crippen LogP contribution is -2.38. The average molecular weight is 395 g/mol. The van der Waals surface area contributed by atoms with Crippen molar-refractivity contribution in [3.05, 3.63) is 29.8 Å². The van der Waals surface area contributed by atoms with Gasteiger partial charge in [0.25, 0.3) is 0 Å². The molecule has 0 saturated heterocycles. The Balaban J connectivity index is 0.00000338. The lowest BCUT2D eigenvalue weighted by molar-refractivity contribution is -0.153. The molecule has 0 heterocycles. The van der Waals surface area contributed by atoms with Crippen LogP contribution in [0.3, 0.4) is 0 Å². The van der Waals surface area contributed by atoms with Crippen LogP contribution in [0.5, 0.6) is 5.75 Å². The number of ether oxygens (including phenoxy) is 1. The summed E-state index contributed by atoms with van der Waals surface area (Å²) in [5.74, 6) is 0.0590. The van der Waals surface area contributed by atoms with Crippen molar-refractivity contribution >= 4 is 18.3 Å². The van der Waals surface area contributed by atoms with Gasteiger partial charge in [-0.15, -0.1) is 12.4 Å². The Morgan fingerprint density at radius 2 is 1.92 bits per heavy atom. The average Bonchev–Trinajstić information content (AvgIpc) is 2.59. The molecule has 1 aromatic rings. The molecule has 3 N–H and O–H groups in total. The number of hydrogen-bond acceptors (Lipinski definition) is 3. The summed E-state index contributed by atoms with van der Waals surface area (Å²) < 4.78 is 41.3. The van der Waals surface area contributed by atoms with E-state index in [9.17, 15) is 18.0 Å². The standard InChI is InChI=1S/C18H25F3N2O2.ClH/c19-18(20,21)13-25-15-6-4-5-14(9-15)11-23-16(24)10-17(12-22)7-2-1-3-8-17;/h4-6,9H,1-3,7-8,10-13,22H2,(H,23,24);1H. The maximum atomic E-state index is 12.2. The zero-order valence-corrected chi connectivity index (χ0v) is 15.4. The number of carbonyl (C=O) groups is 1. The molecule has 8 heteroatoms. The van der Waals surface area contributed by atoms with Crippen molar-refractivity contribution in [3.8, 4) is 5.75 Å². The van der Waals surface area contributed by atoms with E-state index in [4.69, 9.17) is 10.5 Å². The molecule has 0 radical (unpaired) electrons. The summed E-state index contributed by atoms with van der Waals surface area (Å²) in [5.41, 5.74) is 6.48. The van der Waals surface area contributed by atoms with E-state index in [0.29, 0.717) is 18.5 Å². The molecule has 0 bridgehead atoms. The van der Waals surface area contributed by atoms with Gasteiger partial charge in [0, 0.05) is 13.0 Å². The molecule has 0 spiro atoms. The molecule has 1 saturated carbocycles. The molecule has 148 valence electrons. The van der Waals surface area contributed by atoms with Crippen molar-refractivity contribution in [2.45, 2.75) is 51.2 Å². The fourth-order valence-corrected chi connectivity index (χ4v) is 3.27. The molecule has 4 nitrogen and oxygen atoms in total. The highest BCUT2D eigenvalue weighted by Crippen LogP contribution is 2.38. The molecule has 0 aromatic heterocycles. The maximum Gasteiger partial charge on any atom is 0.422 e. The van der Waals surface area contributed by atoms with Crippen LogP contribution in [0.2, 0.25) is 0 Å². The largest absolute Gasteiger partial charge is 0.484 e. The molecule has 1 fully saturated rings. The number of halogens is 4. The van der Waals surface area contributed by atoms with Crippen LogP contribution >= 0.6 is 12.4 Å². The second-order valence-electron chi connectivity index (χ2n) is 6.77. The monoisotopic (exact) mass is 394 g/mol. The predicted molar refractivity (Wildman–Crippen MR) is 96.3 cm³/mol. The Morgan fingerprint density at radius 1 is 1.23 bits per heavy atom. The Labute approximate surface area is 158 Å². The van der Waals surface area contributed by atoms with Gasteiger partial charge in [0.05, 0.1) is 0 Å². The van der Waals surface area contributed by atoms with Crippen molar-refractivity contribution in [2.24, 2.45) is 11.1 Å². The van der Waals surface area contributed by atoms with E-state index in [-0.39, 0.29) is 36.0 Å². The predicted octanol–water partition coefficient (Wildman–Crippen LogP) is 3.97. The third kappa shape index (κ3) is 7.41. The molecular weight excluding hydrogens is 369 g/mol. The summed E-state index contributed by atoms with van der Waals surface area (Å²) in [7, 11) is 0. The lowest BCUT2D eigenvalue weighted by Gasteiger charge is -2.35. The van der Waals surface area contributed by atoms with Crippen LogP contribution in [0.1, 0.15) is 44.1 Å². The first-order chi connectivity index (χ1) is 11.8. The van der Waals surface area contributed by atoms with Crippen molar-refractivity contribution in [2.75, 3.05) is 13.2 Å². The molecule has 1 amide bonds. The second kappa shape index (κ2) is 10.0. The van der Waals surface area contributed by atoms with Crippen LogP contribution in [0.25, 0.3) is 0 Å². The van der Waals surface area contributed by atoms with Crippen molar-refractivity contribution in [1.82, 2.24) is 5.32 Å². The quantitative estimate of drug-likeness (QED) is 0.735. The number of carbonyl (C=O) groups excluding carboxylic acids is 1. The van der Waals surface area contributed by atoms with Gasteiger partial charge in [0.15, 0.2) is 6.61 Å². The molecule has 1 aliphatic rings. The second-order valence-corrected chi connectivity index (χ2v) is 6.77. The van der Waals surface area contributed by atoms with Crippen LogP contribution in [-0.4, -0.2) is 25.2 Å². The van der Waals surface area contributed by atoms with E-state index in [1.807, 2.05) is 0 Å².